The molecule has 1 unspecified atom stereocenters. The Morgan fingerprint density at radius 3 is 2.65 bits per heavy atom. The summed E-state index contributed by atoms with van der Waals surface area (Å²) >= 11 is 1.69. The highest BCUT2D eigenvalue weighted by Gasteiger charge is 2.12. The second-order valence-corrected chi connectivity index (χ2v) is 5.37. The zero-order valence-electron chi connectivity index (χ0n) is 12.0. The summed E-state index contributed by atoms with van der Waals surface area (Å²) in [6.45, 7) is 2.68. The van der Waals surface area contributed by atoms with E-state index in [1.165, 1.54) is 5.56 Å². The first-order chi connectivity index (χ1) is 9.74. The molecule has 1 heterocycles. The molecule has 108 valence electrons. The lowest BCUT2D eigenvalue weighted by molar-refractivity contribution is 0.340. The molecule has 20 heavy (non-hydrogen) atoms. The van der Waals surface area contributed by atoms with E-state index in [-0.39, 0.29) is 6.04 Å². The molecule has 0 radical (unpaired) electrons. The van der Waals surface area contributed by atoms with Gasteiger partial charge < -0.3 is 14.6 Å². The average molecular weight is 292 g/mol. The molecule has 1 aromatic carbocycles. The predicted molar refractivity (Wildman–Crippen MR) is 81.1 cm³/mol. The topological polar surface area (TPSA) is 52.0 Å². The summed E-state index contributed by atoms with van der Waals surface area (Å²) in [4.78, 5) is 0. The summed E-state index contributed by atoms with van der Waals surface area (Å²) in [5, 5.41) is 12.2. The molecule has 0 aliphatic carbocycles. The number of ether oxygens (including phenoxy) is 1. The van der Waals surface area contributed by atoms with Crippen molar-refractivity contribution in [2.24, 2.45) is 7.05 Å². The Labute approximate surface area is 123 Å². The standard InChI is InChI=1S/C14H20N4OS/c1-4-19-12-7-5-11(6-8-12)13(15-2)9-20-14-17-16-10-18(14)3/h5-8,10,13,15H,4,9H2,1-3H3. The number of hydrogen-bond donors (Lipinski definition) is 1. The summed E-state index contributed by atoms with van der Waals surface area (Å²) in [5.74, 6) is 1.81. The molecule has 0 amide bonds. The highest BCUT2D eigenvalue weighted by atomic mass is 32.2. The van der Waals surface area contributed by atoms with Gasteiger partial charge in [0.1, 0.15) is 12.1 Å². The molecular weight excluding hydrogens is 272 g/mol. The summed E-state index contributed by atoms with van der Waals surface area (Å²) in [6, 6.07) is 8.49. The first-order valence-corrected chi connectivity index (χ1v) is 7.60. The van der Waals surface area contributed by atoms with Crippen molar-refractivity contribution in [2.75, 3.05) is 19.4 Å². The van der Waals surface area contributed by atoms with E-state index in [9.17, 15) is 0 Å². The van der Waals surface area contributed by atoms with Crippen LogP contribution in [-0.4, -0.2) is 34.2 Å². The van der Waals surface area contributed by atoms with Crippen LogP contribution in [0.2, 0.25) is 0 Å². The van der Waals surface area contributed by atoms with Crippen molar-refractivity contribution in [3.8, 4) is 5.75 Å². The van der Waals surface area contributed by atoms with E-state index in [1.807, 2.05) is 37.7 Å². The van der Waals surface area contributed by atoms with Crippen LogP contribution in [0.25, 0.3) is 0 Å². The first-order valence-electron chi connectivity index (χ1n) is 6.61. The van der Waals surface area contributed by atoms with E-state index in [0.717, 1.165) is 16.7 Å². The summed E-state index contributed by atoms with van der Waals surface area (Å²) in [7, 11) is 3.92. The van der Waals surface area contributed by atoms with Gasteiger partial charge in [0.05, 0.1) is 6.61 Å². The van der Waals surface area contributed by atoms with E-state index in [0.29, 0.717) is 6.61 Å². The van der Waals surface area contributed by atoms with Crippen LogP contribution in [0.1, 0.15) is 18.5 Å². The first kappa shape index (κ1) is 14.9. The minimum absolute atomic E-state index is 0.271. The molecule has 0 spiro atoms. The van der Waals surface area contributed by atoms with E-state index < -0.39 is 0 Å². The van der Waals surface area contributed by atoms with Crippen LogP contribution in [0, 0.1) is 0 Å². The molecule has 0 aliphatic rings. The van der Waals surface area contributed by atoms with Gasteiger partial charge in [-0.25, -0.2) is 0 Å². The van der Waals surface area contributed by atoms with Crippen LogP contribution >= 0.6 is 11.8 Å². The molecular formula is C14H20N4OS. The van der Waals surface area contributed by atoms with Crippen molar-refractivity contribution in [1.29, 1.82) is 0 Å². The lowest BCUT2D eigenvalue weighted by Crippen LogP contribution is -2.18. The Hall–Kier alpha value is -1.53. The SMILES string of the molecule is CCOc1ccc(C(CSc2nncn2C)NC)cc1. The van der Waals surface area contributed by atoms with Crippen LogP contribution < -0.4 is 10.1 Å². The van der Waals surface area contributed by atoms with E-state index in [1.54, 1.807) is 18.1 Å². The number of rotatable bonds is 7. The van der Waals surface area contributed by atoms with E-state index in [2.05, 4.69) is 27.6 Å². The van der Waals surface area contributed by atoms with Crippen LogP contribution in [0.3, 0.4) is 0 Å². The van der Waals surface area contributed by atoms with Crippen LogP contribution in [-0.2, 0) is 7.05 Å². The Bertz CT molecular complexity index is 526. The van der Waals surface area contributed by atoms with Crippen molar-refractivity contribution in [2.45, 2.75) is 18.1 Å². The van der Waals surface area contributed by atoms with Gasteiger partial charge in [-0.05, 0) is 31.7 Å². The third-order valence-electron chi connectivity index (χ3n) is 2.99. The molecule has 0 aliphatic heterocycles. The summed E-state index contributed by atoms with van der Waals surface area (Å²) < 4.78 is 7.39. The zero-order chi connectivity index (χ0) is 14.4. The number of aromatic nitrogens is 3. The largest absolute Gasteiger partial charge is 0.494 e. The Balaban J connectivity index is 1.98. The lowest BCUT2D eigenvalue weighted by atomic mass is 10.1. The third kappa shape index (κ3) is 3.74. The molecule has 0 saturated heterocycles. The molecule has 0 fully saturated rings. The predicted octanol–water partition coefficient (Wildman–Crippen LogP) is 2.27. The summed E-state index contributed by atoms with van der Waals surface area (Å²) in [5.41, 5.74) is 1.24. The molecule has 2 rings (SSSR count). The number of thioether (sulfide) groups is 1. The normalized spacial score (nSPS) is 12.3. The maximum atomic E-state index is 5.46. The van der Waals surface area contributed by atoms with Crippen molar-refractivity contribution in [3.05, 3.63) is 36.2 Å². The van der Waals surface area contributed by atoms with Crippen molar-refractivity contribution in [3.63, 3.8) is 0 Å². The van der Waals surface area contributed by atoms with Crippen molar-refractivity contribution in [1.82, 2.24) is 20.1 Å². The lowest BCUT2D eigenvalue weighted by Gasteiger charge is -2.16. The number of aryl methyl sites for hydroxylation is 1. The van der Waals surface area contributed by atoms with Gasteiger partial charge in [-0.2, -0.15) is 0 Å². The number of nitrogens with zero attached hydrogens (tertiary/aromatic N) is 3. The number of hydrogen-bond acceptors (Lipinski definition) is 5. The van der Waals surface area contributed by atoms with E-state index >= 15 is 0 Å². The molecule has 2 aromatic rings. The highest BCUT2D eigenvalue weighted by Crippen LogP contribution is 2.24. The quantitative estimate of drug-likeness (QED) is 0.793. The fourth-order valence-electron chi connectivity index (χ4n) is 1.87. The smallest absolute Gasteiger partial charge is 0.190 e. The van der Waals surface area contributed by atoms with Gasteiger partial charge in [0.2, 0.25) is 0 Å². The minimum Gasteiger partial charge on any atom is -0.494 e. The molecule has 1 atom stereocenters. The van der Waals surface area contributed by atoms with Gasteiger partial charge in [0.25, 0.3) is 0 Å². The van der Waals surface area contributed by atoms with Crippen LogP contribution in [0.5, 0.6) is 5.75 Å². The minimum atomic E-state index is 0.271. The van der Waals surface area contributed by atoms with Gasteiger partial charge >= 0.3 is 0 Å². The maximum Gasteiger partial charge on any atom is 0.190 e. The highest BCUT2D eigenvalue weighted by molar-refractivity contribution is 7.99. The molecule has 0 bridgehead atoms. The average Bonchev–Trinajstić information content (AvgIpc) is 2.87. The molecule has 1 aromatic heterocycles. The Kier molecular flexibility index (Phi) is 5.43. The van der Waals surface area contributed by atoms with Gasteiger partial charge in [-0.15, -0.1) is 10.2 Å². The maximum absolute atomic E-state index is 5.46. The number of benzene rings is 1. The zero-order valence-corrected chi connectivity index (χ0v) is 12.9. The van der Waals surface area contributed by atoms with Gasteiger partial charge in [-0.3, -0.25) is 0 Å². The number of nitrogens with one attached hydrogen (secondary N) is 1. The Morgan fingerprint density at radius 2 is 2.10 bits per heavy atom. The fourth-order valence-corrected chi connectivity index (χ4v) is 2.90. The second-order valence-electron chi connectivity index (χ2n) is 4.38. The van der Waals surface area contributed by atoms with Crippen LogP contribution in [0.4, 0.5) is 0 Å². The summed E-state index contributed by atoms with van der Waals surface area (Å²) in [6.07, 6.45) is 1.72. The Morgan fingerprint density at radius 1 is 1.35 bits per heavy atom. The van der Waals surface area contributed by atoms with E-state index in [4.69, 9.17) is 4.74 Å². The fraction of sp³-hybridized carbons (Fsp3) is 0.429. The van der Waals surface area contributed by atoms with Crippen molar-refractivity contribution < 1.29 is 4.74 Å². The second kappa shape index (κ2) is 7.31. The monoisotopic (exact) mass is 292 g/mol. The molecule has 1 N–H and O–H groups in total. The molecule has 0 saturated carbocycles. The van der Waals surface area contributed by atoms with Gasteiger partial charge in [-0.1, -0.05) is 23.9 Å². The molecule has 5 nitrogen and oxygen atoms in total. The van der Waals surface area contributed by atoms with Crippen LogP contribution in [0.15, 0.2) is 35.7 Å². The van der Waals surface area contributed by atoms with Gasteiger partial charge in [0.15, 0.2) is 5.16 Å². The molecule has 6 heteroatoms. The van der Waals surface area contributed by atoms with Gasteiger partial charge in [0, 0.05) is 18.8 Å². The van der Waals surface area contributed by atoms with Crippen molar-refractivity contribution >= 4 is 11.8 Å². The third-order valence-corrected chi connectivity index (χ3v) is 4.12.